The summed E-state index contributed by atoms with van der Waals surface area (Å²) in [6, 6.07) is 6.48. The molecule has 4 rings (SSSR count). The van der Waals surface area contributed by atoms with Gasteiger partial charge in [0.05, 0.1) is 6.20 Å². The third-order valence-corrected chi connectivity index (χ3v) is 4.26. The molecule has 3 heterocycles. The maximum atomic E-state index is 12.7. The minimum absolute atomic E-state index is 0.0636. The number of benzene rings is 1. The average molecular weight is 401 g/mol. The molecular formula is C20H15N7O3. The van der Waals surface area contributed by atoms with E-state index < -0.39 is 11.5 Å². The van der Waals surface area contributed by atoms with Crippen molar-refractivity contribution < 1.29 is 9.59 Å². The minimum Gasteiger partial charge on any atom is -0.325 e. The molecule has 0 unspecified atom stereocenters. The van der Waals surface area contributed by atoms with Crippen molar-refractivity contribution in [1.82, 2.24) is 29.5 Å². The molecule has 148 valence electrons. The summed E-state index contributed by atoms with van der Waals surface area (Å²) in [5.74, 6) is -0.177. The molecule has 0 aliphatic heterocycles. The van der Waals surface area contributed by atoms with Crippen LogP contribution >= 0.6 is 0 Å². The largest absolute Gasteiger partial charge is 0.325 e. The first-order chi connectivity index (χ1) is 14.5. The number of hydrogen-bond acceptors (Lipinski definition) is 8. The summed E-state index contributed by atoms with van der Waals surface area (Å²) in [5, 5.41) is 2.86. The molecule has 0 saturated carbocycles. The van der Waals surface area contributed by atoms with Gasteiger partial charge in [-0.25, -0.2) is 19.9 Å². The average Bonchev–Trinajstić information content (AvgIpc) is 2.76. The molecule has 0 aliphatic rings. The van der Waals surface area contributed by atoms with Crippen molar-refractivity contribution in [2.45, 2.75) is 13.5 Å². The second-order valence-electron chi connectivity index (χ2n) is 6.38. The van der Waals surface area contributed by atoms with E-state index in [0.29, 0.717) is 22.8 Å². The number of hydrogen-bond donors (Lipinski definition) is 1. The van der Waals surface area contributed by atoms with Crippen LogP contribution in [0.3, 0.4) is 0 Å². The van der Waals surface area contributed by atoms with Gasteiger partial charge in [0.15, 0.2) is 17.3 Å². The lowest BCUT2D eigenvalue weighted by Gasteiger charge is -2.08. The Hall–Kier alpha value is -4.34. The van der Waals surface area contributed by atoms with Crippen molar-refractivity contribution in [2.24, 2.45) is 0 Å². The summed E-state index contributed by atoms with van der Waals surface area (Å²) in [4.78, 5) is 57.0. The van der Waals surface area contributed by atoms with E-state index in [9.17, 15) is 14.4 Å². The van der Waals surface area contributed by atoms with Crippen LogP contribution in [0.15, 0.2) is 60.2 Å². The third-order valence-electron chi connectivity index (χ3n) is 4.26. The number of carbonyl (C=O) groups excluding carboxylic acids is 2. The van der Waals surface area contributed by atoms with E-state index in [0.717, 1.165) is 0 Å². The van der Waals surface area contributed by atoms with E-state index in [1.807, 2.05) is 0 Å². The van der Waals surface area contributed by atoms with Crippen molar-refractivity contribution in [3.05, 3.63) is 71.3 Å². The molecule has 0 atom stereocenters. The standard InChI is InChI=1S/C20H15N7O3/c1-12(28)13-2-4-14(5-3-13)25-17(29)10-27-11-24-18-15(20(27)30)8-23-19(26-18)16-9-21-6-7-22-16/h2-9,11H,10H2,1H3,(H,25,29). The van der Waals surface area contributed by atoms with E-state index in [-0.39, 0.29) is 23.4 Å². The Morgan fingerprint density at radius 1 is 1.03 bits per heavy atom. The molecule has 0 aliphatic carbocycles. The highest BCUT2D eigenvalue weighted by Gasteiger charge is 2.12. The fourth-order valence-corrected chi connectivity index (χ4v) is 2.75. The summed E-state index contributed by atoms with van der Waals surface area (Å²) < 4.78 is 1.17. The summed E-state index contributed by atoms with van der Waals surface area (Å²) in [6.07, 6.45) is 7.17. The van der Waals surface area contributed by atoms with Crippen molar-refractivity contribution in [2.75, 3.05) is 5.32 Å². The van der Waals surface area contributed by atoms with Crippen LogP contribution in [0.5, 0.6) is 0 Å². The van der Waals surface area contributed by atoms with Gasteiger partial charge in [0.1, 0.15) is 24.0 Å². The number of aromatic nitrogens is 6. The van der Waals surface area contributed by atoms with Crippen LogP contribution in [0.4, 0.5) is 5.69 Å². The lowest BCUT2D eigenvalue weighted by Crippen LogP contribution is -2.28. The van der Waals surface area contributed by atoms with E-state index in [4.69, 9.17) is 0 Å². The first kappa shape index (κ1) is 19.0. The monoisotopic (exact) mass is 401 g/mol. The zero-order chi connectivity index (χ0) is 21.1. The molecular weight excluding hydrogens is 386 g/mol. The van der Waals surface area contributed by atoms with Crippen LogP contribution in [0, 0.1) is 0 Å². The Balaban J connectivity index is 1.54. The molecule has 0 saturated heterocycles. The van der Waals surface area contributed by atoms with Gasteiger partial charge in [-0.05, 0) is 31.2 Å². The lowest BCUT2D eigenvalue weighted by atomic mass is 10.1. The molecule has 3 aromatic heterocycles. The molecule has 10 nitrogen and oxygen atoms in total. The normalized spacial score (nSPS) is 10.7. The summed E-state index contributed by atoms with van der Waals surface area (Å²) in [5.41, 5.74) is 1.29. The summed E-state index contributed by atoms with van der Waals surface area (Å²) in [7, 11) is 0. The molecule has 1 amide bonds. The van der Waals surface area contributed by atoms with Gasteiger partial charge in [-0.2, -0.15) is 0 Å². The van der Waals surface area contributed by atoms with E-state index >= 15 is 0 Å². The smallest absolute Gasteiger partial charge is 0.264 e. The van der Waals surface area contributed by atoms with E-state index in [2.05, 4.69) is 30.2 Å². The highest BCUT2D eigenvalue weighted by atomic mass is 16.2. The number of amides is 1. The number of anilines is 1. The van der Waals surface area contributed by atoms with Crippen molar-refractivity contribution in [1.29, 1.82) is 0 Å². The first-order valence-corrected chi connectivity index (χ1v) is 8.91. The Labute approximate surface area is 169 Å². The summed E-state index contributed by atoms with van der Waals surface area (Å²) in [6.45, 7) is 1.23. The van der Waals surface area contributed by atoms with Crippen LogP contribution in [0.1, 0.15) is 17.3 Å². The van der Waals surface area contributed by atoms with Crippen LogP contribution < -0.4 is 10.9 Å². The zero-order valence-electron chi connectivity index (χ0n) is 15.8. The molecule has 4 aromatic rings. The number of nitrogens with zero attached hydrogens (tertiary/aromatic N) is 6. The van der Waals surface area contributed by atoms with Crippen LogP contribution in [-0.2, 0) is 11.3 Å². The molecule has 0 fully saturated rings. The van der Waals surface area contributed by atoms with Crippen molar-refractivity contribution in [3.63, 3.8) is 0 Å². The fraction of sp³-hybridized carbons (Fsp3) is 0.100. The Morgan fingerprint density at radius 3 is 2.53 bits per heavy atom. The number of rotatable bonds is 5. The van der Waals surface area contributed by atoms with Crippen LogP contribution in [0.25, 0.3) is 22.6 Å². The molecule has 0 radical (unpaired) electrons. The van der Waals surface area contributed by atoms with Crippen molar-refractivity contribution >= 4 is 28.4 Å². The second kappa shape index (κ2) is 7.95. The predicted molar refractivity (Wildman–Crippen MR) is 108 cm³/mol. The number of nitrogens with one attached hydrogen (secondary N) is 1. The van der Waals surface area contributed by atoms with Gasteiger partial charge < -0.3 is 5.32 Å². The highest BCUT2D eigenvalue weighted by Crippen LogP contribution is 2.12. The molecule has 0 bridgehead atoms. The van der Waals surface area contributed by atoms with Crippen LogP contribution in [-0.4, -0.2) is 41.2 Å². The Morgan fingerprint density at radius 2 is 1.83 bits per heavy atom. The Kier molecular flexibility index (Phi) is 5.04. The van der Waals surface area contributed by atoms with Gasteiger partial charge in [0.25, 0.3) is 5.56 Å². The van der Waals surface area contributed by atoms with Gasteiger partial charge in [0, 0.05) is 29.8 Å². The zero-order valence-corrected chi connectivity index (χ0v) is 15.8. The number of Topliss-reactive ketones (excluding diaryl/α,β-unsaturated/α-hetero) is 1. The maximum absolute atomic E-state index is 12.7. The Bertz CT molecular complexity index is 1300. The second-order valence-corrected chi connectivity index (χ2v) is 6.38. The van der Waals surface area contributed by atoms with Crippen molar-refractivity contribution in [3.8, 4) is 11.5 Å². The number of fused-ring (bicyclic) bond motifs is 1. The molecule has 0 spiro atoms. The van der Waals surface area contributed by atoms with E-state index in [1.165, 1.54) is 42.6 Å². The first-order valence-electron chi connectivity index (χ1n) is 8.91. The summed E-state index contributed by atoms with van der Waals surface area (Å²) >= 11 is 0. The van der Waals surface area contributed by atoms with Gasteiger partial charge in [0.2, 0.25) is 5.91 Å². The highest BCUT2D eigenvalue weighted by molar-refractivity contribution is 5.95. The molecule has 30 heavy (non-hydrogen) atoms. The molecule has 10 heteroatoms. The minimum atomic E-state index is -0.437. The predicted octanol–water partition coefficient (Wildman–Crippen LogP) is 1.48. The van der Waals surface area contributed by atoms with E-state index in [1.54, 1.807) is 24.3 Å². The lowest BCUT2D eigenvalue weighted by molar-refractivity contribution is -0.116. The van der Waals surface area contributed by atoms with Gasteiger partial charge >= 0.3 is 0 Å². The number of ketones is 1. The fourth-order valence-electron chi connectivity index (χ4n) is 2.75. The van der Waals surface area contributed by atoms with Gasteiger partial charge in [-0.3, -0.25) is 23.9 Å². The maximum Gasteiger partial charge on any atom is 0.264 e. The molecule has 1 N–H and O–H groups in total. The topological polar surface area (TPSA) is 133 Å². The molecule has 1 aromatic carbocycles. The quantitative estimate of drug-likeness (QED) is 0.497. The van der Waals surface area contributed by atoms with Crippen LogP contribution in [0.2, 0.25) is 0 Å². The van der Waals surface area contributed by atoms with Gasteiger partial charge in [-0.15, -0.1) is 0 Å². The third kappa shape index (κ3) is 3.92. The SMILES string of the molecule is CC(=O)c1ccc(NC(=O)Cn2cnc3nc(-c4cnccn4)ncc3c2=O)cc1. The number of carbonyl (C=O) groups is 2. The van der Waals surface area contributed by atoms with Gasteiger partial charge in [-0.1, -0.05) is 0 Å².